The number of alkyl halides is 3. The molecule has 2 rings (SSSR count). The molecular formula is C18H22F3NO3. The van der Waals surface area contributed by atoms with E-state index in [4.69, 9.17) is 0 Å². The van der Waals surface area contributed by atoms with Gasteiger partial charge in [0.15, 0.2) is 0 Å². The molecule has 0 saturated heterocycles. The van der Waals surface area contributed by atoms with E-state index in [0.29, 0.717) is 12.8 Å². The van der Waals surface area contributed by atoms with Crippen LogP contribution in [0.25, 0.3) is 0 Å². The highest BCUT2D eigenvalue weighted by atomic mass is 19.4. The Hall–Kier alpha value is -2.05. The summed E-state index contributed by atoms with van der Waals surface area (Å²) < 4.78 is 39.9. The zero-order valence-corrected chi connectivity index (χ0v) is 13.8. The van der Waals surface area contributed by atoms with Gasteiger partial charge in [0.2, 0.25) is 5.91 Å². The number of hydrogen-bond donors (Lipinski definition) is 2. The molecule has 2 N–H and O–H groups in total. The van der Waals surface area contributed by atoms with Crippen LogP contribution in [0.15, 0.2) is 30.3 Å². The number of carbonyl (C=O) groups is 2. The van der Waals surface area contributed by atoms with E-state index in [1.165, 1.54) is 24.3 Å². The molecule has 1 fully saturated rings. The Morgan fingerprint density at radius 1 is 1.12 bits per heavy atom. The van der Waals surface area contributed by atoms with Gasteiger partial charge >= 0.3 is 12.1 Å². The molecule has 1 aromatic carbocycles. The molecule has 0 spiro atoms. The van der Waals surface area contributed by atoms with Crippen molar-refractivity contribution < 1.29 is 27.9 Å². The summed E-state index contributed by atoms with van der Waals surface area (Å²) in [5.74, 6) is -3.68. The highest BCUT2D eigenvalue weighted by Crippen LogP contribution is 2.38. The van der Waals surface area contributed by atoms with Crippen LogP contribution >= 0.6 is 0 Å². The summed E-state index contributed by atoms with van der Waals surface area (Å²) in [6.45, 7) is -0.124. The summed E-state index contributed by atoms with van der Waals surface area (Å²) in [6.07, 6.45) is -1.99. The Morgan fingerprint density at radius 3 is 2.24 bits per heavy atom. The van der Waals surface area contributed by atoms with E-state index in [1.807, 2.05) is 0 Å². The minimum Gasteiger partial charge on any atom is -0.481 e. The fourth-order valence-corrected chi connectivity index (χ4v) is 3.33. The lowest BCUT2D eigenvalue weighted by Gasteiger charge is -2.33. The van der Waals surface area contributed by atoms with E-state index in [0.717, 1.165) is 19.3 Å². The van der Waals surface area contributed by atoms with Crippen molar-refractivity contribution in [2.45, 2.75) is 50.6 Å². The van der Waals surface area contributed by atoms with Crippen molar-refractivity contribution in [3.63, 3.8) is 0 Å². The number of carboxylic acid groups (broad SMARTS) is 1. The van der Waals surface area contributed by atoms with E-state index < -0.39 is 35.8 Å². The first kappa shape index (κ1) is 19.3. The minimum atomic E-state index is -4.55. The maximum atomic E-state index is 13.3. The summed E-state index contributed by atoms with van der Waals surface area (Å²) in [5.41, 5.74) is -1.04. The number of benzene rings is 1. The van der Waals surface area contributed by atoms with Crippen molar-refractivity contribution in [1.82, 2.24) is 5.32 Å². The molecule has 25 heavy (non-hydrogen) atoms. The van der Waals surface area contributed by atoms with Gasteiger partial charge in [0.25, 0.3) is 0 Å². The quantitative estimate of drug-likeness (QED) is 0.812. The van der Waals surface area contributed by atoms with Crippen molar-refractivity contribution in [2.75, 3.05) is 6.54 Å². The molecule has 1 unspecified atom stereocenters. The second kappa shape index (κ2) is 7.89. The van der Waals surface area contributed by atoms with E-state index in [2.05, 4.69) is 5.32 Å². The summed E-state index contributed by atoms with van der Waals surface area (Å²) in [7, 11) is 0. The van der Waals surface area contributed by atoms with Crippen LogP contribution in [0.4, 0.5) is 13.2 Å². The highest BCUT2D eigenvalue weighted by Gasteiger charge is 2.43. The second-order valence-electron chi connectivity index (χ2n) is 6.63. The van der Waals surface area contributed by atoms with Crippen LogP contribution in [0.2, 0.25) is 0 Å². The van der Waals surface area contributed by atoms with Crippen molar-refractivity contribution in [3.05, 3.63) is 35.9 Å². The molecule has 0 heterocycles. The van der Waals surface area contributed by atoms with Crippen LogP contribution < -0.4 is 5.32 Å². The van der Waals surface area contributed by atoms with Crippen molar-refractivity contribution in [3.8, 4) is 0 Å². The number of halogens is 3. The van der Waals surface area contributed by atoms with Crippen molar-refractivity contribution >= 4 is 11.9 Å². The Morgan fingerprint density at radius 2 is 1.72 bits per heavy atom. The van der Waals surface area contributed by atoms with Crippen LogP contribution in [-0.4, -0.2) is 29.7 Å². The van der Waals surface area contributed by atoms with E-state index in [-0.39, 0.29) is 12.1 Å². The third kappa shape index (κ3) is 4.96. The Bertz CT molecular complexity index is 595. The van der Waals surface area contributed by atoms with Crippen molar-refractivity contribution in [2.24, 2.45) is 5.41 Å². The minimum absolute atomic E-state index is 0.0239. The molecule has 138 valence electrons. The molecular weight excluding hydrogens is 335 g/mol. The third-order valence-corrected chi connectivity index (χ3v) is 4.87. The lowest BCUT2D eigenvalue weighted by atomic mass is 9.74. The fourth-order valence-electron chi connectivity index (χ4n) is 3.33. The largest absolute Gasteiger partial charge is 0.481 e. The number of amides is 1. The van der Waals surface area contributed by atoms with Gasteiger partial charge in [-0.2, -0.15) is 13.2 Å². The number of hydrogen-bond acceptors (Lipinski definition) is 2. The predicted octanol–water partition coefficient (Wildman–Crippen LogP) is 3.87. The predicted molar refractivity (Wildman–Crippen MR) is 86.0 cm³/mol. The zero-order valence-electron chi connectivity index (χ0n) is 13.8. The van der Waals surface area contributed by atoms with E-state index in [9.17, 15) is 27.9 Å². The van der Waals surface area contributed by atoms with Gasteiger partial charge in [-0.1, -0.05) is 49.6 Å². The molecule has 4 nitrogen and oxygen atoms in total. The number of carbonyl (C=O) groups excluding carboxylic acids is 1. The van der Waals surface area contributed by atoms with Crippen LogP contribution in [0.1, 0.15) is 50.0 Å². The van der Waals surface area contributed by atoms with Crippen LogP contribution in [0.3, 0.4) is 0 Å². The maximum absolute atomic E-state index is 13.3. The number of carboxylic acids is 1. The van der Waals surface area contributed by atoms with E-state index >= 15 is 0 Å². The molecule has 1 amide bonds. The zero-order chi connectivity index (χ0) is 18.5. The first-order chi connectivity index (χ1) is 11.7. The van der Waals surface area contributed by atoms with Crippen LogP contribution in [0.5, 0.6) is 0 Å². The molecule has 0 radical (unpaired) electrons. The standard InChI is InChI=1S/C18H22F3NO3/c19-18(20,21)14(13-7-3-1-4-8-13)11-15(23)22-12-17(16(24)25)9-5-2-6-10-17/h1,3-4,7-8,14H,2,5-6,9-12H2,(H,22,23)(H,24,25). The van der Waals surface area contributed by atoms with E-state index in [1.54, 1.807) is 6.07 Å². The Balaban J connectivity index is 2.03. The summed E-state index contributed by atoms with van der Waals surface area (Å²) >= 11 is 0. The number of aliphatic carboxylic acids is 1. The molecule has 1 atom stereocenters. The van der Waals surface area contributed by atoms with Crippen LogP contribution in [0, 0.1) is 5.41 Å². The average Bonchev–Trinajstić information content (AvgIpc) is 2.58. The smallest absolute Gasteiger partial charge is 0.396 e. The van der Waals surface area contributed by atoms with Gasteiger partial charge in [-0.15, -0.1) is 0 Å². The van der Waals surface area contributed by atoms with Gasteiger partial charge < -0.3 is 10.4 Å². The fraction of sp³-hybridized carbons (Fsp3) is 0.556. The third-order valence-electron chi connectivity index (χ3n) is 4.87. The molecule has 1 saturated carbocycles. The van der Waals surface area contributed by atoms with Gasteiger partial charge in [0.05, 0.1) is 11.3 Å². The SMILES string of the molecule is O=C(CC(c1ccccc1)C(F)(F)F)NCC1(C(=O)O)CCCCC1. The number of rotatable bonds is 6. The monoisotopic (exact) mass is 357 g/mol. The normalized spacial score (nSPS) is 18.4. The van der Waals surface area contributed by atoms with Gasteiger partial charge in [-0.25, -0.2) is 0 Å². The topological polar surface area (TPSA) is 66.4 Å². The van der Waals surface area contributed by atoms with Crippen molar-refractivity contribution in [1.29, 1.82) is 0 Å². The summed E-state index contributed by atoms with van der Waals surface area (Å²) in [4.78, 5) is 23.6. The second-order valence-corrected chi connectivity index (χ2v) is 6.63. The highest BCUT2D eigenvalue weighted by molar-refractivity contribution is 5.79. The molecule has 1 aliphatic carbocycles. The average molecular weight is 357 g/mol. The molecule has 1 aliphatic rings. The first-order valence-electron chi connectivity index (χ1n) is 8.36. The molecule has 1 aromatic rings. The molecule has 7 heteroatoms. The molecule has 0 bridgehead atoms. The van der Waals surface area contributed by atoms with Gasteiger partial charge in [0.1, 0.15) is 0 Å². The lowest BCUT2D eigenvalue weighted by Crippen LogP contribution is -2.45. The summed E-state index contributed by atoms with van der Waals surface area (Å²) in [6, 6.07) is 7.27. The summed E-state index contributed by atoms with van der Waals surface area (Å²) in [5, 5.41) is 11.9. The maximum Gasteiger partial charge on any atom is 0.396 e. The van der Waals surface area contributed by atoms with Gasteiger partial charge in [0, 0.05) is 13.0 Å². The van der Waals surface area contributed by atoms with Crippen LogP contribution in [-0.2, 0) is 9.59 Å². The van der Waals surface area contributed by atoms with Gasteiger partial charge in [-0.3, -0.25) is 9.59 Å². The Kier molecular flexibility index (Phi) is 6.08. The number of nitrogens with one attached hydrogen (secondary N) is 1. The van der Waals surface area contributed by atoms with Gasteiger partial charge in [-0.05, 0) is 18.4 Å². The Labute approximate surface area is 144 Å². The molecule has 0 aliphatic heterocycles. The first-order valence-corrected chi connectivity index (χ1v) is 8.36. The molecule has 0 aromatic heterocycles. The lowest BCUT2D eigenvalue weighted by molar-refractivity contribution is -0.158.